The van der Waals surface area contributed by atoms with Gasteiger partial charge in [0.15, 0.2) is 17.5 Å². The molecule has 2 saturated carbocycles. The van der Waals surface area contributed by atoms with Crippen LogP contribution in [0.4, 0.5) is 0 Å². The number of aliphatic hydroxyl groups excluding tert-OH is 2. The highest BCUT2D eigenvalue weighted by Gasteiger charge is 2.74. The van der Waals surface area contributed by atoms with Crippen molar-refractivity contribution >= 4 is 17.7 Å². The van der Waals surface area contributed by atoms with E-state index < -0.39 is 69.7 Å². The van der Waals surface area contributed by atoms with Crippen molar-refractivity contribution in [1.29, 1.82) is 0 Å². The third kappa shape index (κ3) is 2.96. The van der Waals surface area contributed by atoms with Crippen LogP contribution in [-0.4, -0.2) is 58.0 Å². The van der Waals surface area contributed by atoms with Gasteiger partial charge in [0.1, 0.15) is 6.10 Å². The third-order valence-electron chi connectivity index (χ3n) is 9.93. The molecule has 0 amide bonds. The Morgan fingerprint density at radius 2 is 1.89 bits per heavy atom. The maximum absolute atomic E-state index is 14.0. The van der Waals surface area contributed by atoms with Crippen LogP contribution in [0, 0.1) is 34.0 Å². The molecule has 3 aliphatic carbocycles. The van der Waals surface area contributed by atoms with Crippen LogP contribution in [-0.2, 0) is 23.9 Å². The van der Waals surface area contributed by atoms with E-state index in [9.17, 15) is 29.7 Å². The fourth-order valence-electron chi connectivity index (χ4n) is 8.26. The van der Waals surface area contributed by atoms with Crippen molar-refractivity contribution in [3.05, 3.63) is 35.8 Å². The summed E-state index contributed by atoms with van der Waals surface area (Å²) in [6.07, 6.45) is 1.80. The first-order valence-corrected chi connectivity index (χ1v) is 12.4. The van der Waals surface area contributed by atoms with E-state index in [1.54, 1.807) is 33.1 Å². The van der Waals surface area contributed by atoms with Gasteiger partial charge in [-0.05, 0) is 36.8 Å². The molecule has 2 heterocycles. The number of aliphatic hydroxyl groups is 3. The van der Waals surface area contributed by atoms with Gasteiger partial charge in [-0.15, -0.1) is 0 Å². The summed E-state index contributed by atoms with van der Waals surface area (Å²) in [7, 11) is 1.15. The number of ketones is 1. The maximum atomic E-state index is 14.0. The molecule has 0 aromatic carbocycles. The Morgan fingerprint density at radius 3 is 2.50 bits per heavy atom. The van der Waals surface area contributed by atoms with Gasteiger partial charge in [-0.25, -0.2) is 4.79 Å². The predicted octanol–water partition coefficient (Wildman–Crippen LogP) is 2.10. The number of allylic oxidation sites excluding steroid dienone is 1. The second-order valence-electron chi connectivity index (χ2n) is 12.0. The summed E-state index contributed by atoms with van der Waals surface area (Å²) in [5.41, 5.74) is -4.00. The number of rotatable bonds is 3. The number of esters is 2. The first-order valence-electron chi connectivity index (χ1n) is 12.4. The smallest absolute Gasteiger partial charge is 0.335 e. The Bertz CT molecular complexity index is 1140. The van der Waals surface area contributed by atoms with E-state index in [1.165, 1.54) is 12.3 Å². The van der Waals surface area contributed by atoms with Crippen LogP contribution in [0.25, 0.3) is 0 Å². The van der Waals surface area contributed by atoms with E-state index in [4.69, 9.17) is 13.9 Å². The molecule has 1 saturated heterocycles. The summed E-state index contributed by atoms with van der Waals surface area (Å²) >= 11 is 0. The summed E-state index contributed by atoms with van der Waals surface area (Å²) in [6.45, 7) is 6.98. The molecule has 1 aromatic heterocycles. The number of methoxy groups -OCH3 is 1. The number of Topliss-reactive ketones (excluding diaryl/α,β-unsaturated/α-hetero) is 1. The average molecular weight is 503 g/mol. The molecule has 1 aromatic rings. The molecule has 1 aliphatic heterocycles. The average Bonchev–Trinajstić information content (AvgIpc) is 3.35. The Hall–Kier alpha value is -2.49. The molecule has 0 spiro atoms. The fraction of sp³-hybridized carbons (Fsp3) is 0.667. The van der Waals surface area contributed by atoms with Crippen molar-refractivity contribution in [3.63, 3.8) is 0 Å². The minimum atomic E-state index is -2.23. The van der Waals surface area contributed by atoms with E-state index in [0.717, 1.165) is 12.7 Å². The number of carbonyl (C=O) groups excluding carboxylic acids is 3. The SMILES string of the molecule is COC(=O)[C@H](O)[C@H]1C(C)(C)[C@H](O)[C@]2(O)C=C3[C@@H]4CC(=O)O[C@@H](c5ccoc5)[C@]4(C)CC[C@@H]3[C@@]1(C)C2=O. The van der Waals surface area contributed by atoms with Crippen molar-refractivity contribution in [2.45, 2.75) is 70.9 Å². The maximum Gasteiger partial charge on any atom is 0.335 e. The van der Waals surface area contributed by atoms with E-state index >= 15 is 0 Å². The van der Waals surface area contributed by atoms with Crippen LogP contribution in [0.5, 0.6) is 0 Å². The molecule has 3 N–H and O–H groups in total. The van der Waals surface area contributed by atoms with Crippen LogP contribution in [0.3, 0.4) is 0 Å². The van der Waals surface area contributed by atoms with Gasteiger partial charge in [-0.1, -0.05) is 33.3 Å². The molecule has 36 heavy (non-hydrogen) atoms. The summed E-state index contributed by atoms with van der Waals surface area (Å²) in [4.78, 5) is 39.3. The fourth-order valence-corrected chi connectivity index (χ4v) is 8.26. The largest absolute Gasteiger partial charge is 0.472 e. The first-order chi connectivity index (χ1) is 16.7. The second-order valence-corrected chi connectivity index (χ2v) is 12.0. The minimum absolute atomic E-state index is 0.0528. The molecule has 0 unspecified atom stereocenters. The first kappa shape index (κ1) is 25.2. The Labute approximate surface area is 209 Å². The lowest BCUT2D eigenvalue weighted by atomic mass is 9.39. The van der Waals surface area contributed by atoms with Crippen LogP contribution < -0.4 is 0 Å². The Morgan fingerprint density at radius 1 is 1.19 bits per heavy atom. The Balaban J connectivity index is 1.70. The van der Waals surface area contributed by atoms with Gasteiger partial charge in [-0.2, -0.15) is 0 Å². The van der Waals surface area contributed by atoms with Gasteiger partial charge in [0.25, 0.3) is 0 Å². The van der Waals surface area contributed by atoms with Gasteiger partial charge < -0.3 is 29.2 Å². The zero-order valence-electron chi connectivity index (χ0n) is 21.2. The zero-order valence-corrected chi connectivity index (χ0v) is 21.2. The monoisotopic (exact) mass is 502 g/mol. The van der Waals surface area contributed by atoms with Crippen LogP contribution >= 0.6 is 0 Å². The van der Waals surface area contributed by atoms with Crippen LogP contribution in [0.1, 0.15) is 58.6 Å². The molecular formula is C27H34O9. The molecular weight excluding hydrogens is 468 g/mol. The molecule has 9 heteroatoms. The van der Waals surface area contributed by atoms with Gasteiger partial charge in [-0.3, -0.25) is 9.59 Å². The Kier molecular flexibility index (Phi) is 5.42. The van der Waals surface area contributed by atoms with Crippen molar-refractivity contribution in [2.24, 2.45) is 34.0 Å². The van der Waals surface area contributed by atoms with E-state index in [1.807, 2.05) is 6.92 Å². The van der Waals surface area contributed by atoms with E-state index in [-0.39, 0.29) is 12.3 Å². The molecule has 196 valence electrons. The number of carbonyl (C=O) groups is 3. The number of ether oxygens (including phenoxy) is 2. The highest BCUT2D eigenvalue weighted by atomic mass is 16.5. The predicted molar refractivity (Wildman–Crippen MR) is 124 cm³/mol. The highest BCUT2D eigenvalue weighted by molar-refractivity contribution is 5.99. The lowest BCUT2D eigenvalue weighted by Crippen LogP contribution is -2.75. The quantitative estimate of drug-likeness (QED) is 0.418. The molecule has 9 nitrogen and oxygen atoms in total. The third-order valence-corrected chi connectivity index (χ3v) is 9.93. The van der Waals surface area contributed by atoms with Gasteiger partial charge in [0.05, 0.1) is 32.2 Å². The summed E-state index contributed by atoms with van der Waals surface area (Å²) < 4.78 is 15.9. The van der Waals surface area contributed by atoms with E-state index in [2.05, 4.69) is 0 Å². The number of cyclic esters (lactones) is 1. The van der Waals surface area contributed by atoms with Crippen molar-refractivity contribution in [3.8, 4) is 0 Å². The topological polar surface area (TPSA) is 144 Å². The molecule has 4 aliphatic rings. The summed E-state index contributed by atoms with van der Waals surface area (Å²) in [6, 6.07) is 1.76. The molecule has 9 atom stereocenters. The van der Waals surface area contributed by atoms with Crippen LogP contribution in [0.15, 0.2) is 34.7 Å². The van der Waals surface area contributed by atoms with Crippen molar-refractivity contribution in [2.75, 3.05) is 7.11 Å². The zero-order chi connectivity index (χ0) is 26.4. The standard InChI is InChI=1S/C27H34O9/c1-24(2)19(18(29)21(30)34-5)26(4)15-6-8-25(3)16(14(15)11-27(33,22(24)31)23(26)32)10-17(28)36-20(25)13-7-9-35-12-13/h7,9,11-12,15-16,18-20,22,29,31,33H,6,8,10H2,1-5H3/t15-,16-,18+,19-,20-,22-,25+,26+,27+/m0/s1. The van der Waals surface area contributed by atoms with Crippen molar-refractivity contribution < 1.29 is 43.6 Å². The number of furan rings is 1. The lowest BCUT2D eigenvalue weighted by molar-refractivity contribution is -0.228. The normalized spacial score (nSPS) is 44.0. The number of hydrogen-bond donors (Lipinski definition) is 3. The number of fused-ring (bicyclic) bond motifs is 6. The van der Waals surface area contributed by atoms with E-state index in [0.29, 0.717) is 18.4 Å². The van der Waals surface area contributed by atoms with Gasteiger partial charge >= 0.3 is 11.9 Å². The van der Waals surface area contributed by atoms with Gasteiger partial charge in [0.2, 0.25) is 0 Å². The molecule has 2 bridgehead atoms. The van der Waals surface area contributed by atoms with Crippen LogP contribution in [0.2, 0.25) is 0 Å². The summed E-state index contributed by atoms with van der Waals surface area (Å²) in [5, 5.41) is 34.3. The van der Waals surface area contributed by atoms with Gasteiger partial charge in [0, 0.05) is 27.7 Å². The molecule has 5 rings (SSSR count). The summed E-state index contributed by atoms with van der Waals surface area (Å²) in [5.74, 6) is -3.83. The molecule has 0 radical (unpaired) electrons. The number of hydrogen-bond acceptors (Lipinski definition) is 9. The second kappa shape index (κ2) is 7.76. The highest BCUT2D eigenvalue weighted by Crippen LogP contribution is 2.68. The van der Waals surface area contributed by atoms with Crippen molar-refractivity contribution in [1.82, 2.24) is 0 Å². The minimum Gasteiger partial charge on any atom is -0.472 e. The molecule has 3 fully saturated rings. The lowest BCUT2D eigenvalue weighted by Gasteiger charge is -2.65.